The number of amides is 2. The summed E-state index contributed by atoms with van der Waals surface area (Å²) in [5.74, 6) is 0.0771. The van der Waals surface area contributed by atoms with Crippen molar-refractivity contribution < 1.29 is 14.3 Å². The Morgan fingerprint density at radius 1 is 1.19 bits per heavy atom. The monoisotopic (exact) mass is 360 g/mol. The van der Waals surface area contributed by atoms with Gasteiger partial charge < -0.3 is 15.0 Å². The molecule has 1 aliphatic rings. The Bertz CT molecular complexity index is 613. The lowest BCUT2D eigenvalue weighted by Crippen LogP contribution is -2.51. The molecule has 0 aromatic heterocycles. The summed E-state index contributed by atoms with van der Waals surface area (Å²) in [7, 11) is 0. The molecule has 144 valence electrons. The van der Waals surface area contributed by atoms with Gasteiger partial charge in [-0.1, -0.05) is 65.0 Å². The van der Waals surface area contributed by atoms with Crippen molar-refractivity contribution in [3.05, 3.63) is 35.9 Å². The number of likely N-dealkylation sites (tertiary alicyclic amines) is 1. The highest BCUT2D eigenvalue weighted by Crippen LogP contribution is 2.30. The van der Waals surface area contributed by atoms with Gasteiger partial charge in [-0.05, 0) is 23.3 Å². The van der Waals surface area contributed by atoms with Gasteiger partial charge in [0.05, 0.1) is 6.61 Å². The van der Waals surface area contributed by atoms with Gasteiger partial charge in [-0.3, -0.25) is 4.79 Å². The Kier molecular flexibility index (Phi) is 6.68. The number of carbonyl (C=O) groups excluding carboxylic acids is 2. The Morgan fingerprint density at radius 2 is 1.85 bits per heavy atom. The van der Waals surface area contributed by atoms with Crippen LogP contribution in [-0.2, 0) is 9.53 Å². The fraction of sp³-hybridized carbons (Fsp3) is 0.619. The third-order valence-electron chi connectivity index (χ3n) is 4.90. The van der Waals surface area contributed by atoms with Gasteiger partial charge >= 0.3 is 6.09 Å². The van der Waals surface area contributed by atoms with Crippen LogP contribution in [0.25, 0.3) is 0 Å². The summed E-state index contributed by atoms with van der Waals surface area (Å²) in [5.41, 5.74) is 1.14. The number of nitrogens with zero attached hydrogens (tertiary/aromatic N) is 1. The molecule has 5 heteroatoms. The zero-order chi connectivity index (χ0) is 19.3. The average molecular weight is 360 g/mol. The molecular formula is C21H32N2O3. The molecule has 2 amide bonds. The largest absolute Gasteiger partial charge is 0.449 e. The van der Waals surface area contributed by atoms with Crippen LogP contribution in [0.4, 0.5) is 4.79 Å². The summed E-state index contributed by atoms with van der Waals surface area (Å²) in [4.78, 5) is 27.3. The van der Waals surface area contributed by atoms with Gasteiger partial charge in [0, 0.05) is 19.0 Å². The van der Waals surface area contributed by atoms with Crippen LogP contribution < -0.4 is 5.32 Å². The van der Waals surface area contributed by atoms with E-state index in [1.807, 2.05) is 56.0 Å². The second-order valence-electron chi connectivity index (χ2n) is 8.49. The highest BCUT2D eigenvalue weighted by atomic mass is 16.5. The number of hydrogen-bond donors (Lipinski definition) is 1. The fourth-order valence-electron chi connectivity index (χ4n) is 3.26. The number of ether oxygens (including phenoxy) is 1. The van der Waals surface area contributed by atoms with E-state index in [1.54, 1.807) is 0 Å². The van der Waals surface area contributed by atoms with Gasteiger partial charge in [0.2, 0.25) is 5.91 Å². The predicted octanol–water partition coefficient (Wildman–Crippen LogP) is 3.80. The van der Waals surface area contributed by atoms with Gasteiger partial charge in [-0.2, -0.15) is 0 Å². The highest BCUT2D eigenvalue weighted by Gasteiger charge is 2.38. The van der Waals surface area contributed by atoms with Crippen LogP contribution in [0.15, 0.2) is 30.3 Å². The van der Waals surface area contributed by atoms with Crippen molar-refractivity contribution in [3.63, 3.8) is 0 Å². The average Bonchev–Trinajstić information content (AvgIpc) is 2.97. The molecule has 1 aromatic rings. The molecule has 0 saturated carbocycles. The summed E-state index contributed by atoms with van der Waals surface area (Å²) >= 11 is 0. The molecular weight excluding hydrogens is 328 g/mol. The molecule has 1 N–H and O–H groups in total. The third kappa shape index (κ3) is 5.48. The zero-order valence-corrected chi connectivity index (χ0v) is 16.6. The van der Waals surface area contributed by atoms with E-state index in [0.717, 1.165) is 18.5 Å². The van der Waals surface area contributed by atoms with Crippen LogP contribution in [0.2, 0.25) is 0 Å². The quantitative estimate of drug-likeness (QED) is 0.839. The minimum atomic E-state index is -0.633. The molecule has 26 heavy (non-hydrogen) atoms. The summed E-state index contributed by atoms with van der Waals surface area (Å²) in [6.07, 6.45) is 0.446. The van der Waals surface area contributed by atoms with Gasteiger partial charge in [-0.15, -0.1) is 0 Å². The summed E-state index contributed by atoms with van der Waals surface area (Å²) in [5, 5.41) is 2.82. The first-order valence-electron chi connectivity index (χ1n) is 9.46. The molecule has 1 fully saturated rings. The van der Waals surface area contributed by atoms with Crippen molar-refractivity contribution in [2.45, 2.75) is 53.0 Å². The zero-order valence-electron chi connectivity index (χ0n) is 16.6. The molecule has 2 atom stereocenters. The summed E-state index contributed by atoms with van der Waals surface area (Å²) < 4.78 is 5.25. The molecule has 5 nitrogen and oxygen atoms in total. The van der Waals surface area contributed by atoms with Crippen molar-refractivity contribution in [1.29, 1.82) is 0 Å². The van der Waals surface area contributed by atoms with Crippen molar-refractivity contribution in [2.75, 3.05) is 19.7 Å². The number of benzene rings is 1. The SMILES string of the molecule is CC(C)COC(=O)NC(C(=O)N1CCC(C)(C)C1)[C@H](C)c1ccccc1. The standard InChI is InChI=1S/C21H32N2O3/c1-15(2)13-26-20(25)22-18(16(3)17-9-7-6-8-10-17)19(24)23-12-11-21(4,5)14-23/h6-10,15-16,18H,11-14H2,1-5H3,(H,22,25)/t16-,18?/m1/s1. The van der Waals surface area contributed by atoms with E-state index in [0.29, 0.717) is 13.2 Å². The molecule has 1 heterocycles. The lowest BCUT2D eigenvalue weighted by atomic mass is 9.91. The smallest absolute Gasteiger partial charge is 0.407 e. The van der Waals surface area contributed by atoms with Gasteiger partial charge in [0.15, 0.2) is 0 Å². The molecule has 1 saturated heterocycles. The number of alkyl carbamates (subject to hydrolysis) is 1. The molecule has 0 bridgehead atoms. The van der Waals surface area contributed by atoms with Crippen LogP contribution in [0, 0.1) is 11.3 Å². The molecule has 1 aliphatic heterocycles. The first-order chi connectivity index (χ1) is 12.2. The number of nitrogens with one attached hydrogen (secondary N) is 1. The molecule has 1 aromatic carbocycles. The maximum absolute atomic E-state index is 13.2. The van der Waals surface area contributed by atoms with Gasteiger partial charge in [0.1, 0.15) is 6.04 Å². The van der Waals surface area contributed by atoms with Gasteiger partial charge in [0.25, 0.3) is 0 Å². The van der Waals surface area contributed by atoms with Crippen molar-refractivity contribution >= 4 is 12.0 Å². The van der Waals surface area contributed by atoms with Crippen molar-refractivity contribution in [1.82, 2.24) is 10.2 Å². The number of hydrogen-bond acceptors (Lipinski definition) is 3. The first kappa shape index (κ1) is 20.3. The first-order valence-corrected chi connectivity index (χ1v) is 9.46. The Balaban J connectivity index is 2.15. The normalized spacial score (nSPS) is 18.5. The van der Waals surface area contributed by atoms with E-state index in [1.165, 1.54) is 0 Å². The fourth-order valence-corrected chi connectivity index (χ4v) is 3.26. The lowest BCUT2D eigenvalue weighted by Gasteiger charge is -2.29. The minimum Gasteiger partial charge on any atom is -0.449 e. The Morgan fingerprint density at radius 3 is 2.38 bits per heavy atom. The van der Waals surface area contributed by atoms with Crippen molar-refractivity contribution in [2.24, 2.45) is 11.3 Å². The third-order valence-corrected chi connectivity index (χ3v) is 4.90. The molecule has 1 unspecified atom stereocenters. The lowest BCUT2D eigenvalue weighted by molar-refractivity contribution is -0.133. The number of carbonyl (C=O) groups is 2. The maximum Gasteiger partial charge on any atom is 0.407 e. The van der Waals surface area contributed by atoms with Gasteiger partial charge in [-0.25, -0.2) is 4.79 Å². The van der Waals surface area contributed by atoms with Crippen LogP contribution in [0.5, 0.6) is 0 Å². The van der Waals surface area contributed by atoms with E-state index in [-0.39, 0.29) is 23.2 Å². The molecule has 2 rings (SSSR count). The predicted molar refractivity (Wildman–Crippen MR) is 103 cm³/mol. The molecule has 0 radical (unpaired) electrons. The summed E-state index contributed by atoms with van der Waals surface area (Å²) in [6.45, 7) is 12.0. The molecule has 0 aliphatic carbocycles. The number of rotatable bonds is 6. The van der Waals surface area contributed by atoms with E-state index in [9.17, 15) is 9.59 Å². The highest BCUT2D eigenvalue weighted by molar-refractivity contribution is 5.87. The topological polar surface area (TPSA) is 58.6 Å². The Labute approximate surface area is 157 Å². The second-order valence-corrected chi connectivity index (χ2v) is 8.49. The van der Waals surface area contributed by atoms with Crippen molar-refractivity contribution in [3.8, 4) is 0 Å². The van der Waals surface area contributed by atoms with Crippen LogP contribution in [-0.4, -0.2) is 42.6 Å². The maximum atomic E-state index is 13.2. The van der Waals surface area contributed by atoms with E-state index in [2.05, 4.69) is 19.2 Å². The summed E-state index contributed by atoms with van der Waals surface area (Å²) in [6, 6.07) is 9.18. The second kappa shape index (κ2) is 8.56. The van der Waals surface area contributed by atoms with E-state index in [4.69, 9.17) is 4.74 Å². The van der Waals surface area contributed by atoms with E-state index >= 15 is 0 Å². The Hall–Kier alpha value is -2.04. The van der Waals surface area contributed by atoms with Crippen LogP contribution in [0.3, 0.4) is 0 Å². The molecule has 0 spiro atoms. The van der Waals surface area contributed by atoms with Crippen LogP contribution >= 0.6 is 0 Å². The van der Waals surface area contributed by atoms with E-state index < -0.39 is 12.1 Å². The minimum absolute atomic E-state index is 0.0339. The van der Waals surface area contributed by atoms with Crippen LogP contribution in [0.1, 0.15) is 52.5 Å².